The Balaban J connectivity index is 1.90. The lowest BCUT2D eigenvalue weighted by atomic mass is 9.97. The predicted octanol–water partition coefficient (Wildman–Crippen LogP) is 5.46. The Hall–Kier alpha value is -0.340. The lowest BCUT2D eigenvalue weighted by Crippen LogP contribution is -2.31. The van der Waals surface area contributed by atoms with Gasteiger partial charge in [-0.25, -0.2) is 0 Å². The largest absolute Gasteiger partial charge is 0.307 e. The van der Waals surface area contributed by atoms with Crippen molar-refractivity contribution in [1.82, 2.24) is 5.32 Å². The molecule has 0 radical (unpaired) electrons. The summed E-state index contributed by atoms with van der Waals surface area (Å²) in [7, 11) is 0. The standard InChI is InChI=1S/C17H26BrN/c1-3-14-6-4-9-17(11-10-14)19-13(2)15-7-5-8-16(18)12-15/h5,7-8,12-14,17,19H,3-4,6,9-11H2,1-2H3. The van der Waals surface area contributed by atoms with Gasteiger partial charge in [0.15, 0.2) is 0 Å². The third kappa shape index (κ3) is 4.61. The highest BCUT2D eigenvalue weighted by Gasteiger charge is 2.19. The smallest absolute Gasteiger partial charge is 0.0294 e. The third-order valence-electron chi connectivity index (χ3n) is 4.50. The van der Waals surface area contributed by atoms with Crippen molar-refractivity contribution >= 4 is 15.9 Å². The van der Waals surface area contributed by atoms with Gasteiger partial charge < -0.3 is 5.32 Å². The highest BCUT2D eigenvalue weighted by molar-refractivity contribution is 9.10. The molecule has 1 aliphatic rings. The fraction of sp³-hybridized carbons (Fsp3) is 0.647. The third-order valence-corrected chi connectivity index (χ3v) is 4.99. The van der Waals surface area contributed by atoms with Crippen LogP contribution < -0.4 is 5.32 Å². The number of hydrogen-bond donors (Lipinski definition) is 1. The zero-order valence-electron chi connectivity index (χ0n) is 12.2. The first kappa shape index (κ1) is 15.1. The first-order valence-corrected chi connectivity index (χ1v) is 8.50. The molecule has 0 spiro atoms. The van der Waals surface area contributed by atoms with Gasteiger partial charge in [-0.05, 0) is 49.8 Å². The molecule has 2 rings (SSSR count). The predicted molar refractivity (Wildman–Crippen MR) is 86.3 cm³/mol. The van der Waals surface area contributed by atoms with Crippen molar-refractivity contribution in [2.45, 2.75) is 64.5 Å². The number of benzene rings is 1. The van der Waals surface area contributed by atoms with Crippen LogP contribution in [0.3, 0.4) is 0 Å². The van der Waals surface area contributed by atoms with Gasteiger partial charge in [0.25, 0.3) is 0 Å². The topological polar surface area (TPSA) is 12.0 Å². The first-order chi connectivity index (χ1) is 9.19. The Morgan fingerprint density at radius 1 is 1.26 bits per heavy atom. The molecule has 3 atom stereocenters. The van der Waals surface area contributed by atoms with Crippen LogP contribution in [0.2, 0.25) is 0 Å². The molecule has 3 unspecified atom stereocenters. The van der Waals surface area contributed by atoms with E-state index in [0.29, 0.717) is 12.1 Å². The minimum atomic E-state index is 0.445. The van der Waals surface area contributed by atoms with Crippen LogP contribution in [0, 0.1) is 5.92 Å². The molecular weight excluding hydrogens is 298 g/mol. The van der Waals surface area contributed by atoms with E-state index in [2.05, 4.69) is 59.4 Å². The molecular formula is C17H26BrN. The maximum absolute atomic E-state index is 3.83. The van der Waals surface area contributed by atoms with Gasteiger partial charge in [-0.1, -0.05) is 54.2 Å². The molecule has 1 nitrogen and oxygen atoms in total. The highest BCUT2D eigenvalue weighted by Crippen LogP contribution is 2.27. The minimum Gasteiger partial charge on any atom is -0.307 e. The Bertz CT molecular complexity index is 391. The second-order valence-electron chi connectivity index (χ2n) is 5.92. The van der Waals surface area contributed by atoms with Gasteiger partial charge in [-0.2, -0.15) is 0 Å². The van der Waals surface area contributed by atoms with E-state index in [1.165, 1.54) is 48.6 Å². The Morgan fingerprint density at radius 2 is 2.11 bits per heavy atom. The van der Waals surface area contributed by atoms with Crippen LogP contribution in [0.15, 0.2) is 28.7 Å². The molecule has 1 saturated carbocycles. The van der Waals surface area contributed by atoms with Gasteiger partial charge >= 0.3 is 0 Å². The summed E-state index contributed by atoms with van der Waals surface area (Å²) in [5.74, 6) is 0.966. The van der Waals surface area contributed by atoms with E-state index in [1.807, 2.05) is 0 Å². The monoisotopic (exact) mass is 323 g/mol. The Labute approximate surface area is 126 Å². The van der Waals surface area contributed by atoms with E-state index >= 15 is 0 Å². The Morgan fingerprint density at radius 3 is 2.84 bits per heavy atom. The summed E-state index contributed by atoms with van der Waals surface area (Å²) in [5, 5.41) is 3.83. The first-order valence-electron chi connectivity index (χ1n) is 7.70. The second kappa shape index (κ2) is 7.44. The maximum Gasteiger partial charge on any atom is 0.0294 e. The molecule has 0 aromatic heterocycles. The van der Waals surface area contributed by atoms with Crippen molar-refractivity contribution in [3.63, 3.8) is 0 Å². The average molecular weight is 324 g/mol. The molecule has 2 heteroatoms. The molecule has 0 aliphatic heterocycles. The average Bonchev–Trinajstić information content (AvgIpc) is 2.64. The van der Waals surface area contributed by atoms with Gasteiger partial charge in [-0.15, -0.1) is 0 Å². The van der Waals surface area contributed by atoms with Crippen LogP contribution in [-0.4, -0.2) is 6.04 Å². The summed E-state index contributed by atoms with van der Waals surface area (Å²) in [5.41, 5.74) is 1.38. The molecule has 1 N–H and O–H groups in total. The summed E-state index contributed by atoms with van der Waals surface area (Å²) >= 11 is 3.56. The van der Waals surface area contributed by atoms with Crippen molar-refractivity contribution in [1.29, 1.82) is 0 Å². The van der Waals surface area contributed by atoms with Crippen LogP contribution in [0.4, 0.5) is 0 Å². The minimum absolute atomic E-state index is 0.445. The van der Waals surface area contributed by atoms with Gasteiger partial charge in [0, 0.05) is 16.6 Å². The van der Waals surface area contributed by atoms with Crippen molar-refractivity contribution in [2.24, 2.45) is 5.92 Å². The Kier molecular flexibility index (Phi) is 5.90. The number of halogens is 1. The normalized spacial score (nSPS) is 25.8. The molecule has 19 heavy (non-hydrogen) atoms. The van der Waals surface area contributed by atoms with E-state index in [9.17, 15) is 0 Å². The summed E-state index contributed by atoms with van der Waals surface area (Å²) in [4.78, 5) is 0. The van der Waals surface area contributed by atoms with Crippen LogP contribution in [0.5, 0.6) is 0 Å². The second-order valence-corrected chi connectivity index (χ2v) is 6.84. The quantitative estimate of drug-likeness (QED) is 0.725. The van der Waals surface area contributed by atoms with Crippen LogP contribution in [0.1, 0.15) is 64.0 Å². The SMILES string of the molecule is CCC1CCCC(NC(C)c2cccc(Br)c2)CC1. The van der Waals surface area contributed by atoms with E-state index in [-0.39, 0.29) is 0 Å². The number of rotatable bonds is 4. The molecule has 0 amide bonds. The van der Waals surface area contributed by atoms with Gasteiger partial charge in [0.05, 0.1) is 0 Å². The number of hydrogen-bond acceptors (Lipinski definition) is 1. The molecule has 1 aromatic rings. The molecule has 0 bridgehead atoms. The molecule has 0 heterocycles. The maximum atomic E-state index is 3.83. The van der Waals surface area contributed by atoms with E-state index in [0.717, 1.165) is 5.92 Å². The van der Waals surface area contributed by atoms with Gasteiger partial charge in [0.1, 0.15) is 0 Å². The zero-order chi connectivity index (χ0) is 13.7. The van der Waals surface area contributed by atoms with E-state index in [4.69, 9.17) is 0 Å². The van der Waals surface area contributed by atoms with Gasteiger partial charge in [-0.3, -0.25) is 0 Å². The summed E-state index contributed by atoms with van der Waals surface area (Å²) in [6.07, 6.45) is 8.26. The van der Waals surface area contributed by atoms with Crippen LogP contribution in [0.25, 0.3) is 0 Å². The van der Waals surface area contributed by atoms with Crippen molar-refractivity contribution in [2.75, 3.05) is 0 Å². The highest BCUT2D eigenvalue weighted by atomic mass is 79.9. The lowest BCUT2D eigenvalue weighted by Gasteiger charge is -2.22. The van der Waals surface area contributed by atoms with Crippen molar-refractivity contribution in [3.8, 4) is 0 Å². The zero-order valence-corrected chi connectivity index (χ0v) is 13.7. The summed E-state index contributed by atoms with van der Waals surface area (Å²) in [6, 6.07) is 9.80. The van der Waals surface area contributed by atoms with Crippen LogP contribution >= 0.6 is 15.9 Å². The molecule has 1 aromatic carbocycles. The van der Waals surface area contributed by atoms with E-state index in [1.54, 1.807) is 0 Å². The molecule has 1 aliphatic carbocycles. The van der Waals surface area contributed by atoms with E-state index < -0.39 is 0 Å². The molecule has 106 valence electrons. The van der Waals surface area contributed by atoms with Crippen LogP contribution in [-0.2, 0) is 0 Å². The fourth-order valence-corrected chi connectivity index (χ4v) is 3.60. The van der Waals surface area contributed by atoms with Crippen molar-refractivity contribution < 1.29 is 0 Å². The summed E-state index contributed by atoms with van der Waals surface area (Å²) < 4.78 is 1.17. The van der Waals surface area contributed by atoms with Gasteiger partial charge in [0.2, 0.25) is 0 Å². The molecule has 0 saturated heterocycles. The lowest BCUT2D eigenvalue weighted by molar-refractivity contribution is 0.400. The van der Waals surface area contributed by atoms with Crippen molar-refractivity contribution in [3.05, 3.63) is 34.3 Å². The fourth-order valence-electron chi connectivity index (χ4n) is 3.18. The molecule has 1 fully saturated rings. The number of nitrogens with one attached hydrogen (secondary N) is 1. The summed E-state index contributed by atoms with van der Waals surface area (Å²) in [6.45, 7) is 4.62.